The number of hydrogen-bond acceptors (Lipinski definition) is 3. The first-order valence-corrected chi connectivity index (χ1v) is 7.93. The molecule has 23 heavy (non-hydrogen) atoms. The fourth-order valence-corrected chi connectivity index (χ4v) is 2.64. The molecule has 2 aromatic rings. The van der Waals surface area contributed by atoms with E-state index in [2.05, 4.69) is 5.32 Å². The van der Waals surface area contributed by atoms with Gasteiger partial charge in [0.25, 0.3) is 0 Å². The summed E-state index contributed by atoms with van der Waals surface area (Å²) >= 11 is 0. The third-order valence-electron chi connectivity index (χ3n) is 4.04. The highest BCUT2D eigenvalue weighted by molar-refractivity contribution is 5.76. The van der Waals surface area contributed by atoms with Gasteiger partial charge >= 0.3 is 0 Å². The summed E-state index contributed by atoms with van der Waals surface area (Å²) in [6.07, 6.45) is 0.943. The van der Waals surface area contributed by atoms with Crippen molar-refractivity contribution in [2.24, 2.45) is 5.73 Å². The predicted octanol–water partition coefficient (Wildman–Crippen LogP) is 2.76. The Hall–Kier alpha value is -2.33. The van der Waals surface area contributed by atoms with Crippen LogP contribution >= 0.6 is 0 Å². The van der Waals surface area contributed by atoms with Gasteiger partial charge in [0, 0.05) is 19.0 Å². The van der Waals surface area contributed by atoms with Gasteiger partial charge in [0.1, 0.15) is 5.75 Å². The molecule has 4 N–H and O–H groups in total. The van der Waals surface area contributed by atoms with Crippen molar-refractivity contribution < 1.29 is 9.90 Å². The van der Waals surface area contributed by atoms with Crippen LogP contribution in [-0.4, -0.2) is 23.6 Å². The predicted molar refractivity (Wildman–Crippen MR) is 93.3 cm³/mol. The average molecular weight is 312 g/mol. The van der Waals surface area contributed by atoms with Crippen molar-refractivity contribution in [1.29, 1.82) is 0 Å². The number of phenols is 1. The molecule has 0 aliphatic rings. The van der Waals surface area contributed by atoms with Crippen LogP contribution in [-0.2, 0) is 11.2 Å². The summed E-state index contributed by atoms with van der Waals surface area (Å²) in [7, 11) is 0. The van der Waals surface area contributed by atoms with E-state index in [1.807, 2.05) is 49.4 Å². The van der Waals surface area contributed by atoms with Crippen LogP contribution in [0.1, 0.15) is 24.5 Å². The second-order valence-electron chi connectivity index (χ2n) is 5.67. The van der Waals surface area contributed by atoms with E-state index in [0.717, 1.165) is 22.3 Å². The summed E-state index contributed by atoms with van der Waals surface area (Å²) in [5.74, 6) is 0.244. The van der Waals surface area contributed by atoms with Gasteiger partial charge in [-0.1, -0.05) is 49.4 Å². The molecule has 0 aliphatic heterocycles. The molecule has 0 bridgehead atoms. The molecule has 1 amide bonds. The van der Waals surface area contributed by atoms with Gasteiger partial charge in [-0.25, -0.2) is 0 Å². The summed E-state index contributed by atoms with van der Waals surface area (Å²) in [5, 5.41) is 13.4. The molecule has 0 aliphatic carbocycles. The van der Waals surface area contributed by atoms with Crippen LogP contribution in [0, 0.1) is 6.92 Å². The molecule has 0 spiro atoms. The smallest absolute Gasteiger partial charge is 0.219 e. The molecule has 2 aromatic carbocycles. The van der Waals surface area contributed by atoms with Gasteiger partial charge in [0.15, 0.2) is 0 Å². The van der Waals surface area contributed by atoms with Crippen LogP contribution in [0.25, 0.3) is 11.1 Å². The zero-order valence-electron chi connectivity index (χ0n) is 13.7. The zero-order chi connectivity index (χ0) is 16.8. The quantitative estimate of drug-likeness (QED) is 0.768. The number of phenolic OH excluding ortho intramolecular Hbond substituents is 1. The van der Waals surface area contributed by atoms with E-state index in [9.17, 15) is 9.90 Å². The third kappa shape index (κ3) is 4.11. The van der Waals surface area contributed by atoms with Gasteiger partial charge in [-0.05, 0) is 35.6 Å². The molecular weight excluding hydrogens is 288 g/mol. The summed E-state index contributed by atoms with van der Waals surface area (Å²) in [6.45, 7) is 4.05. The minimum atomic E-state index is -0.171. The first-order valence-electron chi connectivity index (χ1n) is 7.93. The maximum absolute atomic E-state index is 11.5. The topological polar surface area (TPSA) is 75.4 Å². The summed E-state index contributed by atoms with van der Waals surface area (Å²) in [4.78, 5) is 11.5. The Morgan fingerprint density at radius 2 is 1.91 bits per heavy atom. The van der Waals surface area contributed by atoms with Crippen LogP contribution in [0.3, 0.4) is 0 Å². The van der Waals surface area contributed by atoms with Gasteiger partial charge in [-0.2, -0.15) is 0 Å². The first kappa shape index (κ1) is 17.0. The summed E-state index contributed by atoms with van der Waals surface area (Å²) in [5.41, 5.74) is 9.45. The van der Waals surface area contributed by atoms with E-state index in [-0.39, 0.29) is 17.7 Å². The molecule has 1 atom stereocenters. The van der Waals surface area contributed by atoms with Crippen LogP contribution in [0.5, 0.6) is 5.75 Å². The largest absolute Gasteiger partial charge is 0.507 e. The van der Waals surface area contributed by atoms with Crippen LogP contribution < -0.4 is 11.1 Å². The SMILES string of the molecule is CCC(=O)NC(CN)Cc1ccc(-c2ccccc2)c(C)c1O. The van der Waals surface area contributed by atoms with Crippen LogP contribution in [0.4, 0.5) is 0 Å². The van der Waals surface area contributed by atoms with E-state index in [1.54, 1.807) is 6.92 Å². The Bertz CT molecular complexity index is 669. The fourth-order valence-electron chi connectivity index (χ4n) is 2.64. The molecule has 2 rings (SSSR count). The molecule has 0 heterocycles. The van der Waals surface area contributed by atoms with Crippen molar-refractivity contribution >= 4 is 5.91 Å². The Morgan fingerprint density at radius 1 is 1.22 bits per heavy atom. The normalized spacial score (nSPS) is 12.0. The second-order valence-corrected chi connectivity index (χ2v) is 5.67. The summed E-state index contributed by atoms with van der Waals surface area (Å²) < 4.78 is 0. The number of nitrogens with one attached hydrogen (secondary N) is 1. The van der Waals surface area contributed by atoms with Crippen molar-refractivity contribution in [3.8, 4) is 16.9 Å². The molecule has 4 nitrogen and oxygen atoms in total. The molecular formula is C19H24N2O2. The fraction of sp³-hybridized carbons (Fsp3) is 0.316. The Kier molecular flexibility index (Phi) is 5.77. The Morgan fingerprint density at radius 3 is 2.52 bits per heavy atom. The molecule has 1 unspecified atom stereocenters. The van der Waals surface area contributed by atoms with Gasteiger partial charge in [-0.15, -0.1) is 0 Å². The van der Waals surface area contributed by atoms with Gasteiger partial charge in [0.2, 0.25) is 5.91 Å². The summed E-state index contributed by atoms with van der Waals surface area (Å²) in [6, 6.07) is 13.7. The second kappa shape index (κ2) is 7.79. The van der Waals surface area contributed by atoms with Crippen molar-refractivity contribution in [1.82, 2.24) is 5.32 Å². The maximum Gasteiger partial charge on any atom is 0.219 e. The molecule has 0 saturated carbocycles. The molecule has 0 fully saturated rings. The number of carbonyl (C=O) groups is 1. The van der Waals surface area contributed by atoms with Gasteiger partial charge < -0.3 is 16.2 Å². The van der Waals surface area contributed by atoms with Crippen molar-refractivity contribution in [3.05, 3.63) is 53.6 Å². The maximum atomic E-state index is 11.5. The molecule has 0 radical (unpaired) electrons. The number of amides is 1. The lowest BCUT2D eigenvalue weighted by atomic mass is 9.94. The number of rotatable bonds is 6. The highest BCUT2D eigenvalue weighted by Gasteiger charge is 2.15. The number of nitrogens with two attached hydrogens (primary N) is 1. The van der Waals surface area contributed by atoms with E-state index in [0.29, 0.717) is 19.4 Å². The number of carbonyl (C=O) groups excluding carboxylic acids is 1. The molecule has 0 aromatic heterocycles. The monoisotopic (exact) mass is 312 g/mol. The number of aromatic hydroxyl groups is 1. The average Bonchev–Trinajstić information content (AvgIpc) is 2.58. The van der Waals surface area contributed by atoms with Crippen molar-refractivity contribution in [2.75, 3.05) is 6.54 Å². The van der Waals surface area contributed by atoms with Crippen molar-refractivity contribution in [3.63, 3.8) is 0 Å². The standard InChI is InChI=1S/C19H24N2O2/c1-3-18(22)21-16(12-20)11-15-9-10-17(13(2)19(15)23)14-7-5-4-6-8-14/h4-10,16,23H,3,11-12,20H2,1-2H3,(H,21,22). The van der Waals surface area contributed by atoms with Crippen molar-refractivity contribution in [2.45, 2.75) is 32.7 Å². The van der Waals surface area contributed by atoms with E-state index in [4.69, 9.17) is 5.73 Å². The highest BCUT2D eigenvalue weighted by Crippen LogP contribution is 2.32. The molecule has 4 heteroatoms. The number of hydrogen-bond donors (Lipinski definition) is 3. The Labute approximate surface area is 137 Å². The molecule has 122 valence electrons. The minimum Gasteiger partial charge on any atom is -0.507 e. The van der Waals surface area contributed by atoms with Crippen LogP contribution in [0.2, 0.25) is 0 Å². The van der Waals surface area contributed by atoms with E-state index in [1.165, 1.54) is 0 Å². The minimum absolute atomic E-state index is 0.0300. The highest BCUT2D eigenvalue weighted by atomic mass is 16.3. The Balaban J connectivity index is 2.25. The third-order valence-corrected chi connectivity index (χ3v) is 4.04. The van der Waals surface area contributed by atoms with Gasteiger partial charge in [0.05, 0.1) is 0 Å². The first-order chi connectivity index (χ1) is 11.1. The lowest BCUT2D eigenvalue weighted by molar-refractivity contribution is -0.121. The van der Waals surface area contributed by atoms with Gasteiger partial charge in [-0.3, -0.25) is 4.79 Å². The zero-order valence-corrected chi connectivity index (χ0v) is 13.7. The number of benzene rings is 2. The molecule has 0 saturated heterocycles. The lowest BCUT2D eigenvalue weighted by Crippen LogP contribution is -2.41. The van der Waals surface area contributed by atoms with Crippen LogP contribution in [0.15, 0.2) is 42.5 Å². The lowest BCUT2D eigenvalue weighted by Gasteiger charge is -2.19. The van der Waals surface area contributed by atoms with E-state index >= 15 is 0 Å². The van der Waals surface area contributed by atoms with E-state index < -0.39 is 0 Å².